The van der Waals surface area contributed by atoms with Crippen LogP contribution in [-0.4, -0.2) is 29.8 Å². The normalized spacial score (nSPS) is 31.5. The molecule has 1 amide bonds. The fraction of sp³-hybridized carbons (Fsp3) is 0.611. The molecular weight excluding hydrogens is 282 g/mol. The van der Waals surface area contributed by atoms with E-state index in [0.717, 1.165) is 38.2 Å². The third-order valence-electron chi connectivity index (χ3n) is 5.76. The predicted molar refractivity (Wildman–Crippen MR) is 84.5 cm³/mol. The van der Waals surface area contributed by atoms with E-state index in [1.165, 1.54) is 17.5 Å². The van der Waals surface area contributed by atoms with E-state index in [0.29, 0.717) is 23.7 Å². The Bertz CT molecular complexity index is 550. The second kappa shape index (κ2) is 5.31. The van der Waals surface area contributed by atoms with Gasteiger partial charge in [0.25, 0.3) is 0 Å². The van der Waals surface area contributed by atoms with Crippen molar-refractivity contribution < 1.29 is 4.79 Å². The quantitative estimate of drug-likeness (QED) is 0.767. The predicted octanol–water partition coefficient (Wildman–Crippen LogP) is 3.44. The Morgan fingerprint density at radius 3 is 2.71 bits per heavy atom. The molecular formula is C18H22ClNO. The molecule has 0 aromatic heterocycles. The molecule has 0 radical (unpaired) electrons. The standard InChI is InChI=1S/C18H22ClNO/c19-11-12-7-9-20(10-8-12)18(21)17-15-6-5-13-3-1-2-4-14(13)16(15)17/h1-4,12,15-17H,5-11H2. The Morgan fingerprint density at radius 1 is 1.19 bits per heavy atom. The minimum Gasteiger partial charge on any atom is -0.342 e. The van der Waals surface area contributed by atoms with Crippen molar-refractivity contribution in [3.8, 4) is 0 Å². The van der Waals surface area contributed by atoms with Crippen molar-refractivity contribution in [1.82, 2.24) is 4.90 Å². The summed E-state index contributed by atoms with van der Waals surface area (Å²) in [4.78, 5) is 14.9. The first-order chi connectivity index (χ1) is 10.3. The summed E-state index contributed by atoms with van der Waals surface area (Å²) in [5.41, 5.74) is 2.91. The number of amides is 1. The van der Waals surface area contributed by atoms with Crippen molar-refractivity contribution in [3.63, 3.8) is 0 Å². The van der Waals surface area contributed by atoms with Gasteiger partial charge in [0.05, 0.1) is 0 Å². The molecule has 1 aliphatic heterocycles. The first-order valence-corrected chi connectivity index (χ1v) is 8.75. The number of halogens is 1. The first-order valence-electron chi connectivity index (χ1n) is 8.22. The van der Waals surface area contributed by atoms with Crippen molar-refractivity contribution in [2.75, 3.05) is 19.0 Å². The smallest absolute Gasteiger partial charge is 0.226 e. The van der Waals surface area contributed by atoms with Crippen LogP contribution < -0.4 is 0 Å². The summed E-state index contributed by atoms with van der Waals surface area (Å²) < 4.78 is 0. The van der Waals surface area contributed by atoms with Crippen molar-refractivity contribution in [3.05, 3.63) is 35.4 Å². The third kappa shape index (κ3) is 2.28. The number of likely N-dealkylation sites (tertiary alicyclic amines) is 1. The van der Waals surface area contributed by atoms with Gasteiger partial charge in [-0.3, -0.25) is 4.79 Å². The number of alkyl halides is 1. The Balaban J connectivity index is 1.46. The molecule has 2 nitrogen and oxygen atoms in total. The molecule has 4 rings (SSSR count). The third-order valence-corrected chi connectivity index (χ3v) is 6.20. The summed E-state index contributed by atoms with van der Waals surface area (Å²) >= 11 is 5.93. The summed E-state index contributed by atoms with van der Waals surface area (Å²) in [6.45, 7) is 1.82. The Kier molecular flexibility index (Phi) is 3.45. The van der Waals surface area contributed by atoms with Crippen LogP contribution in [0.25, 0.3) is 0 Å². The van der Waals surface area contributed by atoms with E-state index in [9.17, 15) is 4.79 Å². The van der Waals surface area contributed by atoms with E-state index in [1.807, 2.05) is 0 Å². The lowest BCUT2D eigenvalue weighted by atomic mass is 9.92. The molecule has 2 aliphatic carbocycles. The largest absolute Gasteiger partial charge is 0.342 e. The van der Waals surface area contributed by atoms with Gasteiger partial charge in [0.15, 0.2) is 0 Å². The summed E-state index contributed by atoms with van der Waals surface area (Å²) in [6, 6.07) is 8.71. The number of carbonyl (C=O) groups is 1. The minimum absolute atomic E-state index is 0.265. The van der Waals surface area contributed by atoms with Crippen LogP contribution in [0.2, 0.25) is 0 Å². The maximum absolute atomic E-state index is 12.8. The molecule has 1 aromatic carbocycles. The summed E-state index contributed by atoms with van der Waals surface area (Å²) in [5, 5.41) is 0. The molecule has 2 fully saturated rings. The number of hydrogen-bond acceptors (Lipinski definition) is 1. The van der Waals surface area contributed by atoms with E-state index in [4.69, 9.17) is 11.6 Å². The molecule has 1 saturated heterocycles. The van der Waals surface area contributed by atoms with Crippen LogP contribution in [-0.2, 0) is 11.2 Å². The molecule has 3 unspecified atom stereocenters. The molecule has 21 heavy (non-hydrogen) atoms. The van der Waals surface area contributed by atoms with Crippen molar-refractivity contribution in [2.24, 2.45) is 17.8 Å². The van der Waals surface area contributed by atoms with Crippen molar-refractivity contribution in [2.45, 2.75) is 31.6 Å². The SMILES string of the molecule is O=C(C1C2CCc3ccccc3C21)N1CCC(CCl)CC1. The average molecular weight is 304 g/mol. The zero-order valence-corrected chi connectivity index (χ0v) is 13.1. The van der Waals surface area contributed by atoms with Crippen LogP contribution in [0, 0.1) is 17.8 Å². The molecule has 1 aromatic rings. The lowest BCUT2D eigenvalue weighted by Crippen LogP contribution is -2.40. The summed E-state index contributed by atoms with van der Waals surface area (Å²) in [6.07, 6.45) is 4.49. The number of benzene rings is 1. The molecule has 3 aliphatic rings. The van der Waals surface area contributed by atoms with Crippen LogP contribution >= 0.6 is 11.6 Å². The van der Waals surface area contributed by atoms with Gasteiger partial charge in [-0.05, 0) is 54.6 Å². The van der Waals surface area contributed by atoms with E-state index in [2.05, 4.69) is 29.2 Å². The fourth-order valence-electron chi connectivity index (χ4n) is 4.42. The van der Waals surface area contributed by atoms with Crippen LogP contribution in [0.5, 0.6) is 0 Å². The molecule has 3 atom stereocenters. The second-order valence-corrected chi connectivity index (χ2v) is 7.18. The summed E-state index contributed by atoms with van der Waals surface area (Å²) in [5.74, 6) is 3.14. The number of fused-ring (bicyclic) bond motifs is 3. The molecule has 3 heteroatoms. The van der Waals surface area contributed by atoms with Gasteiger partial charge in [-0.2, -0.15) is 0 Å². The minimum atomic E-state index is 0.265. The molecule has 1 saturated carbocycles. The highest BCUT2D eigenvalue weighted by atomic mass is 35.5. The second-order valence-electron chi connectivity index (χ2n) is 6.88. The lowest BCUT2D eigenvalue weighted by molar-refractivity contribution is -0.134. The number of aryl methyl sites for hydroxylation is 1. The molecule has 0 N–H and O–H groups in total. The van der Waals surface area contributed by atoms with Crippen molar-refractivity contribution >= 4 is 17.5 Å². The van der Waals surface area contributed by atoms with Crippen LogP contribution in [0.15, 0.2) is 24.3 Å². The number of carbonyl (C=O) groups excluding carboxylic acids is 1. The number of rotatable bonds is 2. The lowest BCUT2D eigenvalue weighted by Gasteiger charge is -2.31. The number of hydrogen-bond donors (Lipinski definition) is 0. The molecule has 1 heterocycles. The maximum atomic E-state index is 12.8. The van der Waals surface area contributed by atoms with Crippen molar-refractivity contribution in [1.29, 1.82) is 0 Å². The Hall–Kier alpha value is -1.02. The average Bonchev–Trinajstić information content (AvgIpc) is 3.29. The molecule has 0 bridgehead atoms. The number of piperidine rings is 1. The van der Waals surface area contributed by atoms with Gasteiger partial charge >= 0.3 is 0 Å². The van der Waals surface area contributed by atoms with E-state index in [1.54, 1.807) is 0 Å². The summed E-state index contributed by atoms with van der Waals surface area (Å²) in [7, 11) is 0. The van der Waals surface area contributed by atoms with Gasteiger partial charge in [0.2, 0.25) is 5.91 Å². The topological polar surface area (TPSA) is 20.3 Å². The van der Waals surface area contributed by atoms with E-state index < -0.39 is 0 Å². The zero-order valence-electron chi connectivity index (χ0n) is 12.3. The van der Waals surface area contributed by atoms with Crippen LogP contribution in [0.3, 0.4) is 0 Å². The van der Waals surface area contributed by atoms with Crippen LogP contribution in [0.1, 0.15) is 36.3 Å². The van der Waals surface area contributed by atoms with E-state index >= 15 is 0 Å². The Morgan fingerprint density at radius 2 is 1.95 bits per heavy atom. The Labute approximate surface area is 131 Å². The highest BCUT2D eigenvalue weighted by molar-refractivity contribution is 6.18. The first kappa shape index (κ1) is 13.6. The zero-order chi connectivity index (χ0) is 14.4. The van der Waals surface area contributed by atoms with Gasteiger partial charge < -0.3 is 4.90 Å². The highest BCUT2D eigenvalue weighted by Gasteiger charge is 2.57. The molecule has 112 valence electrons. The van der Waals surface area contributed by atoms with Gasteiger partial charge in [-0.25, -0.2) is 0 Å². The van der Waals surface area contributed by atoms with Gasteiger partial charge in [-0.1, -0.05) is 24.3 Å². The van der Waals surface area contributed by atoms with Gasteiger partial charge in [0, 0.05) is 24.9 Å². The fourth-order valence-corrected chi connectivity index (χ4v) is 4.73. The maximum Gasteiger partial charge on any atom is 0.226 e. The van der Waals surface area contributed by atoms with Crippen LogP contribution in [0.4, 0.5) is 0 Å². The van der Waals surface area contributed by atoms with E-state index in [-0.39, 0.29) is 5.92 Å². The number of nitrogens with zero attached hydrogens (tertiary/aromatic N) is 1. The highest BCUT2D eigenvalue weighted by Crippen LogP contribution is 2.60. The van der Waals surface area contributed by atoms with Gasteiger partial charge in [-0.15, -0.1) is 11.6 Å². The monoisotopic (exact) mass is 303 g/mol. The van der Waals surface area contributed by atoms with Gasteiger partial charge in [0.1, 0.15) is 0 Å². The molecule has 0 spiro atoms.